The maximum atomic E-state index is 13.7. The van der Waals surface area contributed by atoms with Crippen LogP contribution >= 0.6 is 0 Å². The van der Waals surface area contributed by atoms with E-state index in [1.165, 1.54) is 12.1 Å². The number of hydrogen-bond acceptors (Lipinski definition) is 3. The molecule has 1 heterocycles. The van der Waals surface area contributed by atoms with Gasteiger partial charge in [-0.2, -0.15) is 0 Å². The minimum absolute atomic E-state index is 0.0828. The zero-order chi connectivity index (χ0) is 22.3. The first-order valence-corrected chi connectivity index (χ1v) is 13.8. The molecule has 0 bridgehead atoms. The lowest BCUT2D eigenvalue weighted by molar-refractivity contribution is 0.112. The van der Waals surface area contributed by atoms with Crippen LogP contribution in [-0.4, -0.2) is 19.6 Å². The van der Waals surface area contributed by atoms with E-state index in [4.69, 9.17) is 9.41 Å². The number of benzene rings is 1. The van der Waals surface area contributed by atoms with Crippen molar-refractivity contribution >= 4 is 14.6 Å². The van der Waals surface area contributed by atoms with Gasteiger partial charge in [-0.3, -0.25) is 9.78 Å². The minimum atomic E-state index is -2.03. The van der Waals surface area contributed by atoms with Crippen molar-refractivity contribution in [1.82, 2.24) is 4.98 Å². The molecule has 0 aliphatic heterocycles. The molecule has 1 unspecified atom stereocenters. The summed E-state index contributed by atoms with van der Waals surface area (Å²) in [5.41, 5.74) is 5.21. The summed E-state index contributed by atoms with van der Waals surface area (Å²) in [6.45, 7) is 15.3. The number of hydrogen-bond donors (Lipinski definition) is 0. The Morgan fingerprint density at radius 3 is 2.37 bits per heavy atom. The highest BCUT2D eigenvalue weighted by atomic mass is 28.4. The predicted octanol–water partition coefficient (Wildman–Crippen LogP) is 7.22. The number of nitrogens with zero attached hydrogens (tertiary/aromatic N) is 1. The lowest BCUT2D eigenvalue weighted by atomic mass is 9.83. The molecule has 0 radical (unpaired) electrons. The lowest BCUT2D eigenvalue weighted by Crippen LogP contribution is -2.42. The summed E-state index contributed by atoms with van der Waals surface area (Å²) < 4.78 is 20.5. The molecule has 0 spiro atoms. The molecule has 1 atom stereocenters. The van der Waals surface area contributed by atoms with Crippen LogP contribution in [0.4, 0.5) is 4.39 Å². The van der Waals surface area contributed by atoms with E-state index in [2.05, 4.69) is 47.7 Å². The minimum Gasteiger partial charge on any atom is -0.410 e. The Morgan fingerprint density at radius 1 is 1.20 bits per heavy atom. The lowest BCUT2D eigenvalue weighted by Gasteiger charge is -2.41. The number of carbonyl (C=O) groups excluding carboxylic acids is 1. The highest BCUT2D eigenvalue weighted by Crippen LogP contribution is 2.46. The summed E-state index contributed by atoms with van der Waals surface area (Å²) >= 11 is 0. The average Bonchev–Trinajstić information content (AvgIpc) is 2.66. The van der Waals surface area contributed by atoms with Crippen molar-refractivity contribution in [2.45, 2.75) is 84.0 Å². The van der Waals surface area contributed by atoms with Gasteiger partial charge >= 0.3 is 0 Å². The van der Waals surface area contributed by atoms with Crippen LogP contribution in [-0.2, 0) is 10.8 Å². The van der Waals surface area contributed by atoms with Crippen molar-refractivity contribution in [2.75, 3.05) is 0 Å². The van der Waals surface area contributed by atoms with E-state index < -0.39 is 8.32 Å². The fourth-order valence-electron chi connectivity index (χ4n) is 3.96. The molecule has 1 aliphatic carbocycles. The molecule has 1 aliphatic rings. The summed E-state index contributed by atoms with van der Waals surface area (Å²) in [5, 5.41) is 0.0828. The summed E-state index contributed by atoms with van der Waals surface area (Å²) in [5.74, 6) is -0.163. The van der Waals surface area contributed by atoms with Gasteiger partial charge in [0, 0.05) is 22.4 Å². The highest BCUT2D eigenvalue weighted by Gasteiger charge is 2.41. The largest absolute Gasteiger partial charge is 0.410 e. The van der Waals surface area contributed by atoms with Crippen molar-refractivity contribution in [1.29, 1.82) is 0 Å². The summed E-state index contributed by atoms with van der Waals surface area (Å²) in [6.07, 6.45) is 3.62. The van der Waals surface area contributed by atoms with E-state index in [-0.39, 0.29) is 22.9 Å². The van der Waals surface area contributed by atoms with Crippen LogP contribution in [0, 0.1) is 5.82 Å². The topological polar surface area (TPSA) is 39.2 Å². The van der Waals surface area contributed by atoms with Crippen LogP contribution in [0.2, 0.25) is 18.1 Å². The quantitative estimate of drug-likeness (QED) is 0.373. The van der Waals surface area contributed by atoms with Gasteiger partial charge in [-0.15, -0.1) is 0 Å². The first-order valence-electron chi connectivity index (χ1n) is 10.9. The molecule has 162 valence electrons. The van der Waals surface area contributed by atoms with Gasteiger partial charge in [0.05, 0.1) is 11.8 Å². The molecule has 30 heavy (non-hydrogen) atoms. The number of aldehydes is 1. The van der Waals surface area contributed by atoms with Gasteiger partial charge in [0.25, 0.3) is 0 Å². The Labute approximate surface area is 181 Å². The molecule has 0 saturated carbocycles. The molecular formula is C25H34FNO2Si. The zero-order valence-electron chi connectivity index (χ0n) is 19.3. The van der Waals surface area contributed by atoms with Gasteiger partial charge in [-0.1, -0.05) is 46.8 Å². The van der Waals surface area contributed by atoms with Gasteiger partial charge in [-0.25, -0.2) is 4.39 Å². The molecule has 0 N–H and O–H groups in total. The Hall–Kier alpha value is -1.85. The van der Waals surface area contributed by atoms with Crippen LogP contribution in [0.5, 0.6) is 0 Å². The molecule has 3 rings (SSSR count). The van der Waals surface area contributed by atoms with E-state index >= 15 is 0 Å². The van der Waals surface area contributed by atoms with Crippen LogP contribution < -0.4 is 0 Å². The Kier molecular flexibility index (Phi) is 6.35. The van der Waals surface area contributed by atoms with Gasteiger partial charge < -0.3 is 4.43 Å². The van der Waals surface area contributed by atoms with Crippen LogP contribution in [0.1, 0.15) is 86.8 Å². The van der Waals surface area contributed by atoms with E-state index in [1.807, 2.05) is 0 Å². The summed E-state index contributed by atoms with van der Waals surface area (Å²) in [4.78, 5) is 17.2. The van der Waals surface area contributed by atoms with Gasteiger partial charge in [0.1, 0.15) is 5.82 Å². The predicted molar refractivity (Wildman–Crippen MR) is 123 cm³/mol. The van der Waals surface area contributed by atoms with Crippen LogP contribution in [0.3, 0.4) is 0 Å². The summed E-state index contributed by atoms with van der Waals surface area (Å²) in [6, 6.07) is 6.44. The Balaban J connectivity index is 2.27. The fraction of sp³-hybridized carbons (Fsp3) is 0.520. The van der Waals surface area contributed by atoms with Crippen molar-refractivity contribution in [3.63, 3.8) is 0 Å². The van der Waals surface area contributed by atoms with E-state index in [0.717, 1.165) is 53.6 Å². The van der Waals surface area contributed by atoms with E-state index in [9.17, 15) is 9.18 Å². The van der Waals surface area contributed by atoms with Crippen molar-refractivity contribution < 1.29 is 13.6 Å². The zero-order valence-corrected chi connectivity index (χ0v) is 20.3. The third kappa shape index (κ3) is 4.28. The molecule has 5 heteroatoms. The number of halogens is 1. The second-order valence-electron chi connectivity index (χ2n) is 10.2. The number of pyridine rings is 1. The van der Waals surface area contributed by atoms with Crippen molar-refractivity contribution in [2.24, 2.45) is 0 Å². The first kappa shape index (κ1) is 22.8. The third-order valence-electron chi connectivity index (χ3n) is 6.62. The van der Waals surface area contributed by atoms with Crippen molar-refractivity contribution in [3.8, 4) is 11.1 Å². The second-order valence-corrected chi connectivity index (χ2v) is 14.9. The number of fused-ring (bicyclic) bond motifs is 1. The Morgan fingerprint density at radius 2 is 1.83 bits per heavy atom. The number of aryl methyl sites for hydroxylation is 1. The van der Waals surface area contributed by atoms with E-state index in [0.29, 0.717) is 5.56 Å². The molecule has 3 nitrogen and oxygen atoms in total. The van der Waals surface area contributed by atoms with Crippen LogP contribution in [0.25, 0.3) is 11.1 Å². The maximum Gasteiger partial charge on any atom is 0.192 e. The van der Waals surface area contributed by atoms with Gasteiger partial charge in [0.15, 0.2) is 14.6 Å². The molecular weight excluding hydrogens is 393 g/mol. The average molecular weight is 428 g/mol. The number of carbonyl (C=O) groups is 1. The molecule has 1 aromatic heterocycles. The maximum absolute atomic E-state index is 13.7. The number of rotatable bonds is 5. The smallest absolute Gasteiger partial charge is 0.192 e. The van der Waals surface area contributed by atoms with Crippen molar-refractivity contribution in [3.05, 3.63) is 52.6 Å². The summed E-state index contributed by atoms with van der Waals surface area (Å²) in [7, 11) is -2.03. The highest BCUT2D eigenvalue weighted by molar-refractivity contribution is 6.74. The first-order chi connectivity index (χ1) is 14.0. The molecule has 1 aromatic carbocycles. The van der Waals surface area contributed by atoms with Crippen LogP contribution in [0.15, 0.2) is 24.3 Å². The van der Waals surface area contributed by atoms with Gasteiger partial charge in [0.2, 0.25) is 0 Å². The standard InChI is InChI=1S/C25H34FNO2Si/c1-16(2)24-19(15-28)22(17-11-13-18(26)14-12-17)23-20(27-24)9-8-10-21(23)29-30(6,7)25(3,4)5/h11-16,21H,8-10H2,1-7H3. The third-order valence-corrected chi connectivity index (χ3v) is 11.1. The molecule has 2 aromatic rings. The fourth-order valence-corrected chi connectivity index (χ4v) is 5.26. The normalized spacial score (nSPS) is 17.2. The van der Waals surface area contributed by atoms with E-state index in [1.54, 1.807) is 12.1 Å². The molecule has 0 saturated heterocycles. The molecule has 0 amide bonds. The monoisotopic (exact) mass is 427 g/mol. The number of aromatic nitrogens is 1. The van der Waals surface area contributed by atoms with Gasteiger partial charge in [-0.05, 0) is 61.0 Å². The Bertz CT molecular complexity index is 930. The SMILES string of the molecule is CC(C)c1nc2c(c(-c3ccc(F)cc3)c1C=O)C(O[Si](C)(C)C(C)(C)C)CCC2. The molecule has 0 fully saturated rings. The second kappa shape index (κ2) is 8.35.